The van der Waals surface area contributed by atoms with Crippen LogP contribution in [-0.4, -0.2) is 23.8 Å². The number of carbonyl (C=O) groups excluding carboxylic acids is 2. The predicted molar refractivity (Wildman–Crippen MR) is 80.8 cm³/mol. The van der Waals surface area contributed by atoms with Gasteiger partial charge in [0.05, 0.1) is 0 Å². The third-order valence-corrected chi connectivity index (χ3v) is 3.95. The quantitative estimate of drug-likeness (QED) is 0.918. The second kappa shape index (κ2) is 6.22. The number of halogens is 1. The van der Waals surface area contributed by atoms with E-state index in [0.717, 1.165) is 29.3 Å². The van der Waals surface area contributed by atoms with E-state index in [4.69, 9.17) is 5.73 Å². The fourth-order valence-electron chi connectivity index (χ4n) is 2.46. The Morgan fingerprint density at radius 3 is 2.70 bits per heavy atom. The maximum atomic E-state index is 12.4. The van der Waals surface area contributed by atoms with Crippen molar-refractivity contribution in [2.45, 2.75) is 25.3 Å². The maximum Gasteiger partial charge on any atom is 0.250 e. The number of hydrogen-bond acceptors (Lipinski definition) is 2. The average Bonchev–Trinajstić information content (AvgIpc) is 2.91. The number of allylic oxidation sites excluding steroid dienone is 1. The SMILES string of the molecule is CN(C(=O)C1=CCCC1)[C@@H](C(N)=O)c1cccc(Br)c1. The van der Waals surface area contributed by atoms with E-state index in [1.807, 2.05) is 24.3 Å². The van der Waals surface area contributed by atoms with Gasteiger partial charge in [-0.15, -0.1) is 0 Å². The molecule has 1 atom stereocenters. The summed E-state index contributed by atoms with van der Waals surface area (Å²) in [5.74, 6) is -0.649. The van der Waals surface area contributed by atoms with Crippen LogP contribution in [0.15, 0.2) is 40.4 Å². The second-order valence-electron chi connectivity index (χ2n) is 4.90. The number of nitrogens with zero attached hydrogens (tertiary/aromatic N) is 1. The number of primary amides is 1. The number of carbonyl (C=O) groups is 2. The molecule has 1 aromatic rings. The zero-order valence-electron chi connectivity index (χ0n) is 11.3. The van der Waals surface area contributed by atoms with Crippen LogP contribution in [0.4, 0.5) is 0 Å². The normalized spacial score (nSPS) is 15.6. The van der Waals surface area contributed by atoms with Gasteiger partial charge < -0.3 is 10.6 Å². The van der Waals surface area contributed by atoms with E-state index < -0.39 is 11.9 Å². The molecule has 2 amide bonds. The molecular formula is C15H17BrN2O2. The molecule has 0 bridgehead atoms. The van der Waals surface area contributed by atoms with Crippen molar-refractivity contribution in [2.24, 2.45) is 5.73 Å². The van der Waals surface area contributed by atoms with Crippen LogP contribution in [-0.2, 0) is 9.59 Å². The Hall–Kier alpha value is -1.62. The van der Waals surface area contributed by atoms with E-state index >= 15 is 0 Å². The highest BCUT2D eigenvalue weighted by molar-refractivity contribution is 9.10. The van der Waals surface area contributed by atoms with E-state index in [1.54, 1.807) is 13.1 Å². The molecule has 0 radical (unpaired) electrons. The second-order valence-corrected chi connectivity index (χ2v) is 5.81. The lowest BCUT2D eigenvalue weighted by atomic mass is 10.0. The van der Waals surface area contributed by atoms with E-state index in [1.165, 1.54) is 4.90 Å². The Morgan fingerprint density at radius 1 is 1.40 bits per heavy atom. The zero-order valence-corrected chi connectivity index (χ0v) is 12.9. The summed E-state index contributed by atoms with van der Waals surface area (Å²) in [4.78, 5) is 25.6. The van der Waals surface area contributed by atoms with Crippen molar-refractivity contribution in [3.63, 3.8) is 0 Å². The maximum absolute atomic E-state index is 12.4. The van der Waals surface area contributed by atoms with E-state index in [-0.39, 0.29) is 5.91 Å². The lowest BCUT2D eigenvalue weighted by Crippen LogP contribution is -2.39. The Balaban J connectivity index is 2.29. The Kier molecular flexibility index (Phi) is 4.60. The van der Waals surface area contributed by atoms with Crippen molar-refractivity contribution in [1.29, 1.82) is 0 Å². The van der Waals surface area contributed by atoms with Gasteiger partial charge in [-0.05, 0) is 37.0 Å². The Bertz CT molecular complexity index is 569. The molecule has 0 saturated carbocycles. The first-order valence-corrected chi connectivity index (χ1v) is 7.31. The van der Waals surface area contributed by atoms with Crippen LogP contribution in [0.5, 0.6) is 0 Å². The van der Waals surface area contributed by atoms with E-state index in [9.17, 15) is 9.59 Å². The number of benzene rings is 1. The van der Waals surface area contributed by atoms with Gasteiger partial charge in [-0.2, -0.15) is 0 Å². The van der Waals surface area contributed by atoms with Crippen LogP contribution in [0, 0.1) is 0 Å². The van der Waals surface area contributed by atoms with Gasteiger partial charge in [0.2, 0.25) is 11.8 Å². The predicted octanol–water partition coefficient (Wildman–Crippen LogP) is 2.54. The summed E-state index contributed by atoms with van der Waals surface area (Å²) >= 11 is 3.37. The van der Waals surface area contributed by atoms with Crippen LogP contribution >= 0.6 is 15.9 Å². The smallest absolute Gasteiger partial charge is 0.250 e. The Labute approximate surface area is 126 Å². The molecule has 0 heterocycles. The van der Waals surface area contributed by atoms with Crippen molar-refractivity contribution in [3.05, 3.63) is 46.0 Å². The summed E-state index contributed by atoms with van der Waals surface area (Å²) in [5.41, 5.74) is 6.97. The van der Waals surface area contributed by atoms with Crippen LogP contribution in [0.1, 0.15) is 30.9 Å². The third kappa shape index (κ3) is 3.10. The fourth-order valence-corrected chi connectivity index (χ4v) is 2.88. The Morgan fingerprint density at radius 2 is 2.15 bits per heavy atom. The molecule has 4 nitrogen and oxygen atoms in total. The van der Waals surface area contributed by atoms with Gasteiger partial charge in [-0.3, -0.25) is 9.59 Å². The van der Waals surface area contributed by atoms with Crippen LogP contribution in [0.2, 0.25) is 0 Å². The summed E-state index contributed by atoms with van der Waals surface area (Å²) in [7, 11) is 1.62. The fraction of sp³-hybridized carbons (Fsp3) is 0.333. The van der Waals surface area contributed by atoms with Gasteiger partial charge in [0.25, 0.3) is 0 Å². The number of hydrogen-bond donors (Lipinski definition) is 1. The number of likely N-dealkylation sites (N-methyl/N-ethyl adjacent to an activating group) is 1. The first kappa shape index (κ1) is 14.8. The standard InChI is InChI=1S/C15H17BrN2O2/c1-18(15(20)10-5-2-3-6-10)13(14(17)19)11-7-4-8-12(16)9-11/h4-5,7-9,13H,2-3,6H2,1H3,(H2,17,19)/t13-/m1/s1. The topological polar surface area (TPSA) is 63.4 Å². The van der Waals surface area contributed by atoms with Crippen LogP contribution < -0.4 is 5.73 Å². The number of amides is 2. The molecule has 0 spiro atoms. The average molecular weight is 337 g/mol. The molecular weight excluding hydrogens is 320 g/mol. The molecule has 0 saturated heterocycles. The van der Waals surface area contributed by atoms with Gasteiger partial charge in [0, 0.05) is 17.1 Å². The molecule has 1 aliphatic carbocycles. The first-order chi connectivity index (χ1) is 9.50. The van der Waals surface area contributed by atoms with E-state index in [2.05, 4.69) is 15.9 Å². The summed E-state index contributed by atoms with van der Waals surface area (Å²) in [6.45, 7) is 0. The van der Waals surface area contributed by atoms with E-state index in [0.29, 0.717) is 5.56 Å². The molecule has 2 N–H and O–H groups in total. The van der Waals surface area contributed by atoms with Crippen molar-refractivity contribution < 1.29 is 9.59 Å². The molecule has 0 aromatic heterocycles. The highest BCUT2D eigenvalue weighted by Crippen LogP contribution is 2.26. The summed E-state index contributed by atoms with van der Waals surface area (Å²) in [6, 6.07) is 6.54. The minimum Gasteiger partial charge on any atom is -0.368 e. The molecule has 0 unspecified atom stereocenters. The van der Waals surface area contributed by atoms with Crippen LogP contribution in [0.3, 0.4) is 0 Å². The lowest BCUT2D eigenvalue weighted by molar-refractivity contribution is -0.135. The first-order valence-electron chi connectivity index (χ1n) is 6.51. The highest BCUT2D eigenvalue weighted by atomic mass is 79.9. The van der Waals surface area contributed by atoms with Gasteiger partial charge in [0.1, 0.15) is 6.04 Å². The monoisotopic (exact) mass is 336 g/mol. The molecule has 2 rings (SSSR count). The molecule has 20 heavy (non-hydrogen) atoms. The van der Waals surface area contributed by atoms with Crippen molar-refractivity contribution in [3.8, 4) is 0 Å². The largest absolute Gasteiger partial charge is 0.368 e. The van der Waals surface area contributed by atoms with Gasteiger partial charge in [-0.1, -0.05) is 34.1 Å². The molecule has 106 valence electrons. The van der Waals surface area contributed by atoms with Gasteiger partial charge in [-0.25, -0.2) is 0 Å². The van der Waals surface area contributed by atoms with Crippen LogP contribution in [0.25, 0.3) is 0 Å². The van der Waals surface area contributed by atoms with Crippen molar-refractivity contribution in [1.82, 2.24) is 4.90 Å². The van der Waals surface area contributed by atoms with Crippen molar-refractivity contribution >= 4 is 27.7 Å². The minimum atomic E-state index is -0.749. The molecule has 0 fully saturated rings. The molecule has 1 aliphatic rings. The van der Waals surface area contributed by atoms with Gasteiger partial charge in [0.15, 0.2) is 0 Å². The molecule has 0 aliphatic heterocycles. The molecule has 1 aromatic carbocycles. The zero-order chi connectivity index (χ0) is 14.7. The summed E-state index contributed by atoms with van der Waals surface area (Å²) < 4.78 is 0.849. The number of rotatable bonds is 4. The highest BCUT2D eigenvalue weighted by Gasteiger charge is 2.29. The lowest BCUT2D eigenvalue weighted by Gasteiger charge is -2.26. The van der Waals surface area contributed by atoms with Crippen molar-refractivity contribution in [2.75, 3.05) is 7.05 Å². The summed E-state index contributed by atoms with van der Waals surface area (Å²) in [6.07, 6.45) is 4.63. The minimum absolute atomic E-state index is 0.119. The van der Waals surface area contributed by atoms with Gasteiger partial charge >= 0.3 is 0 Å². The number of nitrogens with two attached hydrogens (primary N) is 1. The third-order valence-electron chi connectivity index (χ3n) is 3.46. The summed E-state index contributed by atoms with van der Waals surface area (Å²) in [5, 5.41) is 0. The molecule has 5 heteroatoms.